The van der Waals surface area contributed by atoms with E-state index in [0.29, 0.717) is 4.88 Å². The minimum absolute atomic E-state index is 0.424. The number of rotatable bonds is 1. The Morgan fingerprint density at radius 1 is 1.42 bits per heavy atom. The van der Waals surface area contributed by atoms with Crippen molar-refractivity contribution < 1.29 is 9.90 Å². The standard InChI is InChI=1S/C7H3IO2S2/c8-5-2-3-1-4(6(9)10)11-7(3)12-5/h1-2H,(H,9,10). The minimum atomic E-state index is -0.835. The molecule has 2 aromatic heterocycles. The molecule has 0 unspecified atom stereocenters. The van der Waals surface area contributed by atoms with Crippen molar-refractivity contribution in [3.05, 3.63) is 19.9 Å². The molecule has 0 aromatic carbocycles. The molecule has 62 valence electrons. The summed E-state index contributed by atoms with van der Waals surface area (Å²) in [5.41, 5.74) is 0. The summed E-state index contributed by atoms with van der Waals surface area (Å²) in [5, 5.41) is 9.73. The second kappa shape index (κ2) is 2.97. The van der Waals surface area contributed by atoms with Crippen LogP contribution in [0.1, 0.15) is 9.67 Å². The second-order valence-electron chi connectivity index (χ2n) is 2.21. The van der Waals surface area contributed by atoms with E-state index in [1.54, 1.807) is 17.4 Å². The van der Waals surface area contributed by atoms with Crippen LogP contribution in [0.15, 0.2) is 12.1 Å². The maximum absolute atomic E-state index is 10.6. The fourth-order valence-electron chi connectivity index (χ4n) is 0.914. The average Bonchev–Trinajstić information content (AvgIpc) is 2.42. The van der Waals surface area contributed by atoms with Crippen LogP contribution in [0.5, 0.6) is 0 Å². The number of hydrogen-bond acceptors (Lipinski definition) is 3. The molecule has 0 saturated carbocycles. The monoisotopic (exact) mass is 310 g/mol. The van der Waals surface area contributed by atoms with Gasteiger partial charge in [-0.15, -0.1) is 22.7 Å². The third-order valence-electron chi connectivity index (χ3n) is 1.39. The van der Waals surface area contributed by atoms with E-state index in [1.165, 1.54) is 14.2 Å². The Labute approximate surface area is 90.0 Å². The van der Waals surface area contributed by atoms with Crippen LogP contribution in [0.3, 0.4) is 0 Å². The SMILES string of the molecule is O=C(O)c1cc2cc(I)sc2s1. The van der Waals surface area contributed by atoms with E-state index >= 15 is 0 Å². The molecule has 0 aliphatic carbocycles. The van der Waals surface area contributed by atoms with Gasteiger partial charge in [-0.2, -0.15) is 0 Å². The lowest BCUT2D eigenvalue weighted by Crippen LogP contribution is -1.89. The van der Waals surface area contributed by atoms with Crippen molar-refractivity contribution >= 4 is 60.6 Å². The summed E-state index contributed by atoms with van der Waals surface area (Å²) in [4.78, 5) is 11.0. The molecule has 0 fully saturated rings. The summed E-state index contributed by atoms with van der Waals surface area (Å²) in [6, 6.07) is 3.73. The molecule has 2 nitrogen and oxygen atoms in total. The van der Waals surface area contributed by atoms with Crippen molar-refractivity contribution in [3.8, 4) is 0 Å². The first-order chi connectivity index (χ1) is 5.66. The number of thiophene rings is 2. The Balaban J connectivity index is 2.64. The number of fused-ring (bicyclic) bond motifs is 1. The van der Waals surface area contributed by atoms with Gasteiger partial charge in [0.15, 0.2) is 0 Å². The summed E-state index contributed by atoms with van der Waals surface area (Å²) < 4.78 is 2.29. The van der Waals surface area contributed by atoms with Crippen molar-refractivity contribution in [2.75, 3.05) is 0 Å². The van der Waals surface area contributed by atoms with Crippen LogP contribution >= 0.6 is 45.3 Å². The topological polar surface area (TPSA) is 37.3 Å². The molecule has 2 aromatic rings. The highest BCUT2D eigenvalue weighted by molar-refractivity contribution is 14.1. The normalized spacial score (nSPS) is 10.8. The third kappa shape index (κ3) is 1.36. The number of carboxylic acid groups (broad SMARTS) is 1. The van der Waals surface area contributed by atoms with E-state index in [1.807, 2.05) is 6.07 Å². The van der Waals surface area contributed by atoms with Crippen LogP contribution in [0.2, 0.25) is 0 Å². The summed E-state index contributed by atoms with van der Waals surface area (Å²) in [6.07, 6.45) is 0. The zero-order valence-electron chi connectivity index (χ0n) is 5.70. The van der Waals surface area contributed by atoms with Crippen LogP contribution in [0.4, 0.5) is 0 Å². The van der Waals surface area contributed by atoms with Gasteiger partial charge in [-0.25, -0.2) is 4.79 Å². The molecule has 0 bridgehead atoms. The average molecular weight is 310 g/mol. The number of carboxylic acids is 1. The van der Waals surface area contributed by atoms with Gasteiger partial charge < -0.3 is 5.11 Å². The molecule has 0 aliphatic rings. The Bertz CT molecular complexity index is 412. The highest BCUT2D eigenvalue weighted by Crippen LogP contribution is 2.33. The quantitative estimate of drug-likeness (QED) is 0.821. The lowest BCUT2D eigenvalue weighted by Gasteiger charge is -1.80. The highest BCUT2D eigenvalue weighted by Gasteiger charge is 2.09. The molecular formula is C7H3IO2S2. The Hall–Kier alpha value is -0.140. The summed E-state index contributed by atoms with van der Waals surface area (Å²) in [5.74, 6) is -0.835. The summed E-state index contributed by atoms with van der Waals surface area (Å²) in [6.45, 7) is 0. The number of aromatic carboxylic acids is 1. The Morgan fingerprint density at radius 2 is 2.17 bits per heavy atom. The highest BCUT2D eigenvalue weighted by atomic mass is 127. The van der Waals surface area contributed by atoms with Gasteiger partial charge in [-0.05, 0) is 34.7 Å². The van der Waals surface area contributed by atoms with Gasteiger partial charge in [-0.1, -0.05) is 0 Å². The lowest BCUT2D eigenvalue weighted by atomic mass is 10.4. The van der Waals surface area contributed by atoms with Crippen molar-refractivity contribution in [1.82, 2.24) is 0 Å². The van der Waals surface area contributed by atoms with Gasteiger partial charge in [0.25, 0.3) is 0 Å². The number of halogens is 1. The maximum Gasteiger partial charge on any atom is 0.345 e. The van der Waals surface area contributed by atoms with E-state index in [2.05, 4.69) is 22.6 Å². The van der Waals surface area contributed by atoms with E-state index in [-0.39, 0.29) is 0 Å². The molecule has 0 spiro atoms. The Kier molecular flexibility index (Phi) is 2.09. The third-order valence-corrected chi connectivity index (χ3v) is 4.53. The minimum Gasteiger partial charge on any atom is -0.477 e. The molecule has 0 atom stereocenters. The fraction of sp³-hybridized carbons (Fsp3) is 0. The number of carbonyl (C=O) groups is 1. The molecule has 0 aliphatic heterocycles. The fourth-order valence-corrected chi connectivity index (χ4v) is 4.37. The molecule has 0 saturated heterocycles. The van der Waals surface area contributed by atoms with Gasteiger partial charge in [0.2, 0.25) is 0 Å². The van der Waals surface area contributed by atoms with Crippen LogP contribution in [-0.4, -0.2) is 11.1 Å². The van der Waals surface area contributed by atoms with Crippen molar-refractivity contribution in [3.63, 3.8) is 0 Å². The van der Waals surface area contributed by atoms with Crippen LogP contribution in [0, 0.1) is 2.88 Å². The van der Waals surface area contributed by atoms with Gasteiger partial charge in [0.05, 0.1) is 6.90 Å². The van der Waals surface area contributed by atoms with E-state index in [0.717, 1.165) is 9.40 Å². The molecule has 0 radical (unpaired) electrons. The van der Waals surface area contributed by atoms with E-state index < -0.39 is 5.97 Å². The van der Waals surface area contributed by atoms with E-state index in [4.69, 9.17) is 5.11 Å². The smallest absolute Gasteiger partial charge is 0.345 e. The first-order valence-electron chi connectivity index (χ1n) is 3.09. The van der Waals surface area contributed by atoms with Gasteiger partial charge >= 0.3 is 5.97 Å². The largest absolute Gasteiger partial charge is 0.477 e. The van der Waals surface area contributed by atoms with Gasteiger partial charge in [-0.3, -0.25) is 0 Å². The van der Waals surface area contributed by atoms with E-state index in [9.17, 15) is 4.79 Å². The second-order valence-corrected chi connectivity index (χ2v) is 6.47. The molecule has 1 N–H and O–H groups in total. The van der Waals surface area contributed by atoms with Gasteiger partial charge in [0, 0.05) is 5.39 Å². The van der Waals surface area contributed by atoms with Crippen LogP contribution in [-0.2, 0) is 0 Å². The predicted octanol–water partition coefficient (Wildman–Crippen LogP) is 3.27. The van der Waals surface area contributed by atoms with Crippen molar-refractivity contribution in [2.45, 2.75) is 0 Å². The Morgan fingerprint density at radius 3 is 2.75 bits per heavy atom. The molecule has 0 amide bonds. The zero-order valence-corrected chi connectivity index (χ0v) is 9.50. The first-order valence-corrected chi connectivity index (χ1v) is 5.80. The molecule has 2 rings (SSSR count). The van der Waals surface area contributed by atoms with Crippen molar-refractivity contribution in [2.24, 2.45) is 0 Å². The predicted molar refractivity (Wildman–Crippen MR) is 59.4 cm³/mol. The zero-order chi connectivity index (χ0) is 8.72. The molecule has 5 heteroatoms. The van der Waals surface area contributed by atoms with Gasteiger partial charge in [0.1, 0.15) is 4.88 Å². The van der Waals surface area contributed by atoms with Crippen molar-refractivity contribution in [1.29, 1.82) is 0 Å². The molecule has 2 heterocycles. The number of hydrogen-bond donors (Lipinski definition) is 1. The molecular weight excluding hydrogens is 307 g/mol. The maximum atomic E-state index is 10.6. The van der Waals surface area contributed by atoms with Crippen LogP contribution < -0.4 is 0 Å². The lowest BCUT2D eigenvalue weighted by molar-refractivity contribution is 0.0702. The summed E-state index contributed by atoms with van der Waals surface area (Å²) >= 11 is 5.21. The summed E-state index contributed by atoms with van der Waals surface area (Å²) in [7, 11) is 0. The van der Waals surface area contributed by atoms with Crippen LogP contribution in [0.25, 0.3) is 9.40 Å². The molecule has 12 heavy (non-hydrogen) atoms. The first kappa shape index (κ1) is 8.46.